The van der Waals surface area contributed by atoms with E-state index in [4.69, 9.17) is 0 Å². The largest absolute Gasteiger partial charge is 0.330 e. The molecule has 2 aromatic heterocycles. The second-order valence-corrected chi connectivity index (χ2v) is 6.06. The molecule has 0 amide bonds. The summed E-state index contributed by atoms with van der Waals surface area (Å²) < 4.78 is 0. The normalized spacial score (nSPS) is 11.0. The van der Waals surface area contributed by atoms with E-state index in [1.807, 2.05) is 24.3 Å². The molecule has 0 fully saturated rings. The van der Waals surface area contributed by atoms with E-state index in [9.17, 15) is 0 Å². The van der Waals surface area contributed by atoms with Crippen LogP contribution >= 0.6 is 11.3 Å². The minimum atomic E-state index is 0.777. The molecule has 0 aliphatic rings. The van der Waals surface area contributed by atoms with Crippen molar-refractivity contribution in [2.45, 2.75) is 6.92 Å². The molecular weight excluding hydrogens is 294 g/mol. The SMILES string of the molecule is Cc1cccc(-c2nnc(Nc3ccc4[nH]ncc4c3)s2)c1. The molecule has 0 radical (unpaired) electrons. The fourth-order valence-corrected chi connectivity index (χ4v) is 3.07. The predicted molar refractivity (Wildman–Crippen MR) is 89.5 cm³/mol. The number of aromatic nitrogens is 4. The molecule has 2 heterocycles. The molecule has 6 heteroatoms. The Kier molecular flexibility index (Phi) is 3.08. The molecule has 0 saturated heterocycles. The number of rotatable bonds is 3. The Morgan fingerprint density at radius 3 is 2.95 bits per heavy atom. The minimum Gasteiger partial charge on any atom is -0.330 e. The second kappa shape index (κ2) is 5.23. The zero-order valence-corrected chi connectivity index (χ0v) is 12.7. The van der Waals surface area contributed by atoms with Crippen molar-refractivity contribution in [1.29, 1.82) is 0 Å². The maximum absolute atomic E-state index is 4.26. The first kappa shape index (κ1) is 13.0. The summed E-state index contributed by atoms with van der Waals surface area (Å²) in [6.45, 7) is 2.07. The van der Waals surface area contributed by atoms with E-state index in [0.29, 0.717) is 0 Å². The predicted octanol–water partition coefficient (Wildman–Crippen LogP) is 4.13. The highest BCUT2D eigenvalue weighted by Crippen LogP contribution is 2.29. The van der Waals surface area contributed by atoms with E-state index in [1.165, 1.54) is 5.56 Å². The van der Waals surface area contributed by atoms with E-state index in [2.05, 4.69) is 50.8 Å². The summed E-state index contributed by atoms with van der Waals surface area (Å²) in [6, 6.07) is 14.3. The van der Waals surface area contributed by atoms with Crippen molar-refractivity contribution in [2.75, 3.05) is 5.32 Å². The molecular formula is C16H13N5S. The van der Waals surface area contributed by atoms with Crippen LogP contribution in [0.5, 0.6) is 0 Å². The molecule has 2 N–H and O–H groups in total. The van der Waals surface area contributed by atoms with Gasteiger partial charge in [0.1, 0.15) is 5.01 Å². The van der Waals surface area contributed by atoms with Crippen LogP contribution in [0.15, 0.2) is 48.7 Å². The molecule has 108 valence electrons. The van der Waals surface area contributed by atoms with Crippen LogP contribution in [0.1, 0.15) is 5.56 Å². The summed E-state index contributed by atoms with van der Waals surface area (Å²) in [6.07, 6.45) is 1.80. The van der Waals surface area contributed by atoms with Crippen molar-refractivity contribution < 1.29 is 0 Å². The lowest BCUT2D eigenvalue weighted by Gasteiger charge is -2.01. The van der Waals surface area contributed by atoms with Gasteiger partial charge in [0.15, 0.2) is 0 Å². The first-order valence-corrected chi connectivity index (χ1v) is 7.70. The van der Waals surface area contributed by atoms with Crippen molar-refractivity contribution in [1.82, 2.24) is 20.4 Å². The molecule has 0 spiro atoms. The third kappa shape index (κ3) is 2.44. The van der Waals surface area contributed by atoms with Crippen LogP contribution in [0.3, 0.4) is 0 Å². The average Bonchev–Trinajstić information content (AvgIpc) is 3.16. The zero-order chi connectivity index (χ0) is 14.9. The Balaban J connectivity index is 1.61. The third-order valence-electron chi connectivity index (χ3n) is 3.38. The molecule has 0 saturated carbocycles. The maximum Gasteiger partial charge on any atom is 0.210 e. The van der Waals surface area contributed by atoms with Gasteiger partial charge in [-0.1, -0.05) is 35.1 Å². The highest BCUT2D eigenvalue weighted by atomic mass is 32.1. The summed E-state index contributed by atoms with van der Waals surface area (Å²) in [5.74, 6) is 0. The summed E-state index contributed by atoms with van der Waals surface area (Å²) in [5, 5.41) is 21.5. The van der Waals surface area contributed by atoms with Gasteiger partial charge in [-0.05, 0) is 31.2 Å². The summed E-state index contributed by atoms with van der Waals surface area (Å²) in [5.41, 5.74) is 4.30. The lowest BCUT2D eigenvalue weighted by Crippen LogP contribution is -1.88. The number of fused-ring (bicyclic) bond motifs is 1. The molecule has 0 aliphatic carbocycles. The van der Waals surface area contributed by atoms with Crippen LogP contribution in [0, 0.1) is 6.92 Å². The molecule has 4 rings (SSSR count). The molecule has 5 nitrogen and oxygen atoms in total. The molecule has 4 aromatic rings. The van der Waals surface area contributed by atoms with Crippen molar-refractivity contribution in [2.24, 2.45) is 0 Å². The maximum atomic E-state index is 4.26. The highest BCUT2D eigenvalue weighted by molar-refractivity contribution is 7.18. The van der Waals surface area contributed by atoms with Gasteiger partial charge in [-0.15, -0.1) is 10.2 Å². The number of H-pyrrole nitrogens is 1. The van der Waals surface area contributed by atoms with Crippen LogP contribution in [0.2, 0.25) is 0 Å². The molecule has 0 unspecified atom stereocenters. The first-order chi connectivity index (χ1) is 10.8. The lowest BCUT2D eigenvalue weighted by atomic mass is 10.1. The number of hydrogen-bond donors (Lipinski definition) is 2. The van der Waals surface area contributed by atoms with Crippen LogP contribution in [0.25, 0.3) is 21.5 Å². The van der Waals surface area contributed by atoms with Crippen LogP contribution in [0.4, 0.5) is 10.8 Å². The smallest absolute Gasteiger partial charge is 0.210 e. The number of benzene rings is 2. The summed E-state index contributed by atoms with van der Waals surface area (Å²) in [4.78, 5) is 0. The van der Waals surface area contributed by atoms with E-state index in [1.54, 1.807) is 17.5 Å². The standard InChI is InChI=1S/C16H13N5S/c1-10-3-2-4-11(7-10)15-20-21-16(22-15)18-13-5-6-14-12(8-13)9-17-19-14/h2-9H,1H3,(H,17,19)(H,18,21). The van der Waals surface area contributed by atoms with Gasteiger partial charge in [-0.3, -0.25) is 5.10 Å². The number of hydrogen-bond acceptors (Lipinski definition) is 5. The molecule has 0 atom stereocenters. The first-order valence-electron chi connectivity index (χ1n) is 6.89. The number of nitrogens with one attached hydrogen (secondary N) is 2. The van der Waals surface area contributed by atoms with E-state index >= 15 is 0 Å². The monoisotopic (exact) mass is 307 g/mol. The fraction of sp³-hybridized carbons (Fsp3) is 0.0625. The highest BCUT2D eigenvalue weighted by Gasteiger charge is 2.07. The van der Waals surface area contributed by atoms with Crippen LogP contribution in [-0.2, 0) is 0 Å². The van der Waals surface area contributed by atoms with Gasteiger partial charge in [-0.25, -0.2) is 0 Å². The van der Waals surface area contributed by atoms with Gasteiger partial charge in [0.25, 0.3) is 0 Å². The van der Waals surface area contributed by atoms with Crippen molar-refractivity contribution >= 4 is 33.1 Å². The Labute approximate surface area is 131 Å². The quantitative estimate of drug-likeness (QED) is 0.597. The molecule has 22 heavy (non-hydrogen) atoms. The Morgan fingerprint density at radius 1 is 1.09 bits per heavy atom. The minimum absolute atomic E-state index is 0.777. The van der Waals surface area contributed by atoms with Gasteiger partial charge < -0.3 is 5.32 Å². The molecule has 2 aromatic carbocycles. The van der Waals surface area contributed by atoms with Crippen molar-refractivity contribution in [3.8, 4) is 10.6 Å². The van der Waals surface area contributed by atoms with E-state index in [-0.39, 0.29) is 0 Å². The summed E-state index contributed by atoms with van der Waals surface area (Å²) in [7, 11) is 0. The lowest BCUT2D eigenvalue weighted by molar-refractivity contribution is 1.10. The second-order valence-electron chi connectivity index (χ2n) is 5.08. The third-order valence-corrected chi connectivity index (χ3v) is 4.27. The van der Waals surface area contributed by atoms with Gasteiger partial charge in [-0.2, -0.15) is 5.10 Å². The number of aryl methyl sites for hydroxylation is 1. The zero-order valence-electron chi connectivity index (χ0n) is 11.9. The van der Waals surface area contributed by atoms with E-state index in [0.717, 1.165) is 32.3 Å². The van der Waals surface area contributed by atoms with Gasteiger partial charge in [0, 0.05) is 16.6 Å². The van der Waals surface area contributed by atoms with Gasteiger partial charge >= 0.3 is 0 Å². The number of nitrogens with zero attached hydrogens (tertiary/aromatic N) is 3. The fourth-order valence-electron chi connectivity index (χ4n) is 2.31. The number of anilines is 2. The Bertz CT molecular complexity index is 940. The average molecular weight is 307 g/mol. The molecule has 0 bridgehead atoms. The van der Waals surface area contributed by atoms with Crippen molar-refractivity contribution in [3.05, 3.63) is 54.2 Å². The summed E-state index contributed by atoms with van der Waals surface area (Å²) >= 11 is 1.54. The van der Waals surface area contributed by atoms with Crippen LogP contribution < -0.4 is 5.32 Å². The Hall–Kier alpha value is -2.73. The van der Waals surface area contributed by atoms with Gasteiger partial charge in [0.05, 0.1) is 11.7 Å². The van der Waals surface area contributed by atoms with Gasteiger partial charge in [0.2, 0.25) is 5.13 Å². The van der Waals surface area contributed by atoms with Crippen molar-refractivity contribution in [3.63, 3.8) is 0 Å². The topological polar surface area (TPSA) is 66.5 Å². The van der Waals surface area contributed by atoms with Crippen LogP contribution in [-0.4, -0.2) is 20.4 Å². The number of aromatic amines is 1. The molecule has 0 aliphatic heterocycles. The van der Waals surface area contributed by atoms with E-state index < -0.39 is 0 Å². The Morgan fingerprint density at radius 2 is 2.05 bits per heavy atom.